The van der Waals surface area contributed by atoms with Crippen LogP contribution in [0.4, 0.5) is 0 Å². The summed E-state index contributed by atoms with van der Waals surface area (Å²) >= 11 is 6.06. The lowest BCUT2D eigenvalue weighted by molar-refractivity contribution is 0.591. The number of halogens is 1. The van der Waals surface area contributed by atoms with Gasteiger partial charge in [0.2, 0.25) is 0 Å². The molecule has 0 saturated heterocycles. The summed E-state index contributed by atoms with van der Waals surface area (Å²) in [5.41, 5.74) is 4.02. The Hall–Kier alpha value is -1.31. The SMILES string of the molecule is CCCc1cccc(C(Cc2cccc(Cl)c2)NC)c1. The van der Waals surface area contributed by atoms with Crippen molar-refractivity contribution in [3.63, 3.8) is 0 Å². The maximum Gasteiger partial charge on any atom is 0.0408 e. The molecule has 0 aromatic heterocycles. The molecule has 1 atom stereocenters. The molecule has 0 aliphatic carbocycles. The normalized spacial score (nSPS) is 12.3. The van der Waals surface area contributed by atoms with E-state index in [9.17, 15) is 0 Å². The summed E-state index contributed by atoms with van der Waals surface area (Å²) in [4.78, 5) is 0. The van der Waals surface area contributed by atoms with Crippen LogP contribution in [0.2, 0.25) is 5.02 Å². The number of aryl methyl sites for hydroxylation is 1. The van der Waals surface area contributed by atoms with Crippen LogP contribution in [0.15, 0.2) is 48.5 Å². The average Bonchev–Trinajstić information content (AvgIpc) is 2.45. The van der Waals surface area contributed by atoms with Crippen LogP contribution in [0.5, 0.6) is 0 Å². The molecule has 2 rings (SSSR count). The minimum absolute atomic E-state index is 0.324. The second-order valence-corrected chi connectivity index (χ2v) is 5.61. The van der Waals surface area contributed by atoms with E-state index < -0.39 is 0 Å². The summed E-state index contributed by atoms with van der Waals surface area (Å²) in [6.07, 6.45) is 3.27. The first kappa shape index (κ1) is 15.1. The molecule has 1 unspecified atom stereocenters. The predicted molar refractivity (Wildman–Crippen MR) is 87.4 cm³/mol. The highest BCUT2D eigenvalue weighted by molar-refractivity contribution is 6.30. The van der Waals surface area contributed by atoms with Crippen LogP contribution < -0.4 is 5.32 Å². The maximum absolute atomic E-state index is 6.06. The first-order valence-corrected chi connectivity index (χ1v) is 7.61. The van der Waals surface area contributed by atoms with E-state index in [2.05, 4.69) is 42.6 Å². The molecule has 0 saturated carbocycles. The van der Waals surface area contributed by atoms with E-state index in [0.717, 1.165) is 17.9 Å². The molecule has 1 nitrogen and oxygen atoms in total. The van der Waals surface area contributed by atoms with Crippen molar-refractivity contribution >= 4 is 11.6 Å². The van der Waals surface area contributed by atoms with Crippen molar-refractivity contribution in [3.05, 3.63) is 70.2 Å². The first-order valence-electron chi connectivity index (χ1n) is 7.23. The van der Waals surface area contributed by atoms with E-state index in [0.29, 0.717) is 6.04 Å². The van der Waals surface area contributed by atoms with E-state index in [-0.39, 0.29) is 0 Å². The standard InChI is InChI=1S/C18H22ClN/c1-3-6-14-7-4-9-16(11-14)18(20-2)13-15-8-5-10-17(19)12-15/h4-5,7-12,18,20H,3,6,13H2,1-2H3. The van der Waals surface area contributed by atoms with Gasteiger partial charge in [0.05, 0.1) is 0 Å². The van der Waals surface area contributed by atoms with Gasteiger partial charge in [-0.3, -0.25) is 0 Å². The van der Waals surface area contributed by atoms with E-state index in [1.165, 1.54) is 23.1 Å². The Morgan fingerprint density at radius 3 is 2.50 bits per heavy atom. The van der Waals surface area contributed by atoms with Gasteiger partial charge in [-0.25, -0.2) is 0 Å². The van der Waals surface area contributed by atoms with Gasteiger partial charge in [0.1, 0.15) is 0 Å². The molecule has 0 amide bonds. The molecule has 2 heteroatoms. The van der Waals surface area contributed by atoms with Crippen molar-refractivity contribution < 1.29 is 0 Å². The third-order valence-corrected chi connectivity index (χ3v) is 3.80. The molecule has 0 heterocycles. The Bertz CT molecular complexity index is 551. The number of likely N-dealkylation sites (N-methyl/N-ethyl adjacent to an activating group) is 1. The molecular weight excluding hydrogens is 266 g/mol. The van der Waals surface area contributed by atoms with Gasteiger partial charge < -0.3 is 5.32 Å². The van der Waals surface area contributed by atoms with Crippen LogP contribution in [0.1, 0.15) is 36.1 Å². The van der Waals surface area contributed by atoms with Crippen LogP contribution in [0, 0.1) is 0 Å². The summed E-state index contributed by atoms with van der Waals surface area (Å²) in [7, 11) is 2.02. The van der Waals surface area contributed by atoms with Crippen LogP contribution in [0.25, 0.3) is 0 Å². The van der Waals surface area contributed by atoms with Crippen molar-refractivity contribution in [3.8, 4) is 0 Å². The molecule has 0 spiro atoms. The van der Waals surface area contributed by atoms with Gasteiger partial charge in [-0.2, -0.15) is 0 Å². The van der Waals surface area contributed by atoms with Crippen molar-refractivity contribution in [2.75, 3.05) is 7.05 Å². The Balaban J connectivity index is 2.17. The van der Waals surface area contributed by atoms with E-state index in [1.54, 1.807) is 0 Å². The number of hydrogen-bond acceptors (Lipinski definition) is 1. The lowest BCUT2D eigenvalue weighted by Crippen LogP contribution is -2.19. The quantitative estimate of drug-likeness (QED) is 0.805. The highest BCUT2D eigenvalue weighted by atomic mass is 35.5. The van der Waals surface area contributed by atoms with Crippen LogP contribution >= 0.6 is 11.6 Å². The van der Waals surface area contributed by atoms with Crippen LogP contribution in [-0.4, -0.2) is 7.05 Å². The molecule has 0 radical (unpaired) electrons. The Morgan fingerprint density at radius 2 is 1.80 bits per heavy atom. The smallest absolute Gasteiger partial charge is 0.0408 e. The summed E-state index contributed by atoms with van der Waals surface area (Å²) in [6.45, 7) is 2.22. The first-order chi connectivity index (χ1) is 9.72. The highest BCUT2D eigenvalue weighted by Gasteiger charge is 2.10. The van der Waals surface area contributed by atoms with Gasteiger partial charge in [0, 0.05) is 11.1 Å². The van der Waals surface area contributed by atoms with E-state index >= 15 is 0 Å². The molecule has 106 valence electrons. The fourth-order valence-electron chi connectivity index (χ4n) is 2.54. The predicted octanol–water partition coefficient (Wildman–Crippen LogP) is 4.80. The number of benzene rings is 2. The van der Waals surface area contributed by atoms with Gasteiger partial charge in [-0.05, 0) is 48.7 Å². The lowest BCUT2D eigenvalue weighted by atomic mass is 9.96. The molecule has 20 heavy (non-hydrogen) atoms. The molecule has 2 aromatic rings. The molecule has 0 aliphatic rings. The van der Waals surface area contributed by atoms with Gasteiger partial charge >= 0.3 is 0 Å². The van der Waals surface area contributed by atoms with Crippen molar-refractivity contribution in [2.45, 2.75) is 32.2 Å². The minimum Gasteiger partial charge on any atom is -0.313 e. The van der Waals surface area contributed by atoms with E-state index in [1.807, 2.05) is 25.2 Å². The van der Waals surface area contributed by atoms with Crippen molar-refractivity contribution in [1.29, 1.82) is 0 Å². The second-order valence-electron chi connectivity index (χ2n) is 5.17. The fourth-order valence-corrected chi connectivity index (χ4v) is 2.75. The Kier molecular flexibility index (Phi) is 5.63. The minimum atomic E-state index is 0.324. The summed E-state index contributed by atoms with van der Waals surface area (Å²) in [5.74, 6) is 0. The zero-order chi connectivity index (χ0) is 14.4. The van der Waals surface area contributed by atoms with Crippen LogP contribution in [-0.2, 0) is 12.8 Å². The lowest BCUT2D eigenvalue weighted by Gasteiger charge is -2.18. The molecule has 0 aliphatic heterocycles. The number of nitrogens with one attached hydrogen (secondary N) is 1. The third kappa shape index (κ3) is 4.09. The Morgan fingerprint density at radius 1 is 1.05 bits per heavy atom. The summed E-state index contributed by atoms with van der Waals surface area (Å²) < 4.78 is 0. The van der Waals surface area contributed by atoms with Crippen LogP contribution in [0.3, 0.4) is 0 Å². The maximum atomic E-state index is 6.06. The molecule has 2 aromatic carbocycles. The van der Waals surface area contributed by atoms with Gasteiger partial charge in [-0.15, -0.1) is 0 Å². The van der Waals surface area contributed by atoms with Gasteiger partial charge in [0.15, 0.2) is 0 Å². The number of rotatable bonds is 6. The molecular formula is C18H22ClN. The summed E-state index contributed by atoms with van der Waals surface area (Å²) in [6, 6.07) is 17.3. The third-order valence-electron chi connectivity index (χ3n) is 3.57. The molecule has 0 fully saturated rings. The molecule has 0 bridgehead atoms. The Labute approximate surface area is 127 Å². The van der Waals surface area contributed by atoms with Crippen molar-refractivity contribution in [2.24, 2.45) is 0 Å². The molecule has 1 N–H and O–H groups in total. The largest absolute Gasteiger partial charge is 0.313 e. The fraction of sp³-hybridized carbons (Fsp3) is 0.333. The highest BCUT2D eigenvalue weighted by Crippen LogP contribution is 2.21. The van der Waals surface area contributed by atoms with Crippen molar-refractivity contribution in [1.82, 2.24) is 5.32 Å². The number of hydrogen-bond donors (Lipinski definition) is 1. The zero-order valence-electron chi connectivity index (χ0n) is 12.2. The van der Waals surface area contributed by atoms with Gasteiger partial charge in [-0.1, -0.05) is 61.3 Å². The topological polar surface area (TPSA) is 12.0 Å². The van der Waals surface area contributed by atoms with Gasteiger partial charge in [0.25, 0.3) is 0 Å². The monoisotopic (exact) mass is 287 g/mol. The van der Waals surface area contributed by atoms with E-state index in [4.69, 9.17) is 11.6 Å². The summed E-state index contributed by atoms with van der Waals surface area (Å²) in [5, 5.41) is 4.22. The second kappa shape index (κ2) is 7.47. The average molecular weight is 288 g/mol. The zero-order valence-corrected chi connectivity index (χ0v) is 13.0.